The largest absolute Gasteiger partial charge is 0.314 e. The van der Waals surface area contributed by atoms with Gasteiger partial charge in [0.25, 0.3) is 0 Å². The van der Waals surface area contributed by atoms with E-state index < -0.39 is 0 Å². The van der Waals surface area contributed by atoms with E-state index in [-0.39, 0.29) is 11.4 Å². The molecule has 0 atom stereocenters. The lowest BCUT2D eigenvalue weighted by Gasteiger charge is -2.45. The second kappa shape index (κ2) is 5.39. The Morgan fingerprint density at radius 1 is 1.32 bits per heavy atom. The van der Waals surface area contributed by atoms with Gasteiger partial charge in [0.05, 0.1) is 0 Å². The molecule has 4 heteroatoms. The molecular formula is C15H20ClFN2. The van der Waals surface area contributed by atoms with Crippen molar-refractivity contribution in [3.05, 3.63) is 34.6 Å². The maximum Gasteiger partial charge on any atom is 0.127 e. The molecule has 1 N–H and O–H groups in total. The molecule has 0 radical (unpaired) electrons. The predicted molar refractivity (Wildman–Crippen MR) is 75.9 cm³/mol. The lowest BCUT2D eigenvalue weighted by atomic mass is 9.92. The number of hydrogen-bond acceptors (Lipinski definition) is 2. The van der Waals surface area contributed by atoms with Crippen molar-refractivity contribution < 1.29 is 4.39 Å². The highest BCUT2D eigenvalue weighted by atomic mass is 35.5. The van der Waals surface area contributed by atoms with Gasteiger partial charge in [0.15, 0.2) is 0 Å². The van der Waals surface area contributed by atoms with Crippen molar-refractivity contribution in [2.75, 3.05) is 19.6 Å². The van der Waals surface area contributed by atoms with Crippen LogP contribution in [0.1, 0.15) is 31.2 Å². The SMILES string of the molecule is Fc1ccc(Cl)cc1CN1CCNCC12CCCC2. The quantitative estimate of drug-likeness (QED) is 0.896. The first kappa shape index (κ1) is 13.3. The van der Waals surface area contributed by atoms with Gasteiger partial charge in [0, 0.05) is 42.3 Å². The molecule has 2 nitrogen and oxygen atoms in total. The third-order valence-corrected chi connectivity index (χ3v) is 4.82. The Balaban J connectivity index is 1.82. The molecule has 19 heavy (non-hydrogen) atoms. The van der Waals surface area contributed by atoms with Gasteiger partial charge in [-0.15, -0.1) is 0 Å². The Labute approximate surface area is 118 Å². The van der Waals surface area contributed by atoms with E-state index >= 15 is 0 Å². The molecular weight excluding hydrogens is 263 g/mol. The molecule has 2 fully saturated rings. The zero-order chi connectivity index (χ0) is 13.3. The highest BCUT2D eigenvalue weighted by molar-refractivity contribution is 6.30. The topological polar surface area (TPSA) is 15.3 Å². The third-order valence-electron chi connectivity index (χ3n) is 4.59. The minimum Gasteiger partial charge on any atom is -0.314 e. The van der Waals surface area contributed by atoms with E-state index in [0.717, 1.165) is 25.2 Å². The first-order valence-electron chi connectivity index (χ1n) is 7.09. The first-order valence-corrected chi connectivity index (χ1v) is 7.47. The predicted octanol–water partition coefficient (Wildman–Crippen LogP) is 3.20. The summed E-state index contributed by atoms with van der Waals surface area (Å²) in [7, 11) is 0. The monoisotopic (exact) mass is 282 g/mol. The fourth-order valence-corrected chi connectivity index (χ4v) is 3.72. The number of benzene rings is 1. The molecule has 1 spiro atoms. The van der Waals surface area contributed by atoms with Crippen molar-refractivity contribution in [3.8, 4) is 0 Å². The summed E-state index contributed by atoms with van der Waals surface area (Å²) in [6.45, 7) is 3.69. The smallest absolute Gasteiger partial charge is 0.127 e. The molecule has 1 aliphatic carbocycles. The lowest BCUT2D eigenvalue weighted by molar-refractivity contribution is 0.0563. The molecule has 0 amide bonds. The maximum absolute atomic E-state index is 13.9. The number of halogens is 2. The molecule has 1 aromatic rings. The van der Waals surface area contributed by atoms with E-state index in [0.29, 0.717) is 11.6 Å². The van der Waals surface area contributed by atoms with Gasteiger partial charge < -0.3 is 5.32 Å². The van der Waals surface area contributed by atoms with Gasteiger partial charge in [-0.05, 0) is 31.0 Å². The van der Waals surface area contributed by atoms with Gasteiger partial charge >= 0.3 is 0 Å². The van der Waals surface area contributed by atoms with E-state index in [9.17, 15) is 4.39 Å². The summed E-state index contributed by atoms with van der Waals surface area (Å²) >= 11 is 5.99. The van der Waals surface area contributed by atoms with E-state index in [1.807, 2.05) is 0 Å². The van der Waals surface area contributed by atoms with Gasteiger partial charge in [-0.1, -0.05) is 24.4 Å². The number of piperazine rings is 1. The van der Waals surface area contributed by atoms with Gasteiger partial charge in [-0.2, -0.15) is 0 Å². The van der Waals surface area contributed by atoms with Crippen molar-refractivity contribution >= 4 is 11.6 Å². The zero-order valence-electron chi connectivity index (χ0n) is 11.1. The Bertz CT molecular complexity index is 457. The second-order valence-corrected chi connectivity index (χ2v) is 6.20. The van der Waals surface area contributed by atoms with Crippen molar-refractivity contribution in [1.82, 2.24) is 10.2 Å². The van der Waals surface area contributed by atoms with Crippen molar-refractivity contribution in [2.45, 2.75) is 37.8 Å². The molecule has 2 aliphatic rings. The third kappa shape index (κ3) is 2.64. The molecule has 0 bridgehead atoms. The van der Waals surface area contributed by atoms with E-state index in [1.54, 1.807) is 12.1 Å². The highest BCUT2D eigenvalue weighted by Crippen LogP contribution is 2.37. The Kier molecular flexibility index (Phi) is 3.79. The van der Waals surface area contributed by atoms with Crippen LogP contribution >= 0.6 is 11.6 Å². The van der Waals surface area contributed by atoms with Crippen LogP contribution in [0.15, 0.2) is 18.2 Å². The van der Waals surface area contributed by atoms with Crippen LogP contribution in [0.4, 0.5) is 4.39 Å². The average Bonchev–Trinajstić information content (AvgIpc) is 2.86. The number of nitrogens with one attached hydrogen (secondary N) is 1. The van der Waals surface area contributed by atoms with Gasteiger partial charge in [0.1, 0.15) is 5.82 Å². The van der Waals surface area contributed by atoms with E-state index in [1.165, 1.54) is 31.7 Å². The zero-order valence-corrected chi connectivity index (χ0v) is 11.8. The van der Waals surface area contributed by atoms with Crippen LogP contribution in [-0.2, 0) is 6.54 Å². The molecule has 0 aromatic heterocycles. The molecule has 104 valence electrons. The van der Waals surface area contributed by atoms with Crippen LogP contribution in [0.2, 0.25) is 5.02 Å². The van der Waals surface area contributed by atoms with Crippen molar-refractivity contribution in [3.63, 3.8) is 0 Å². The Morgan fingerprint density at radius 3 is 2.89 bits per heavy atom. The highest BCUT2D eigenvalue weighted by Gasteiger charge is 2.41. The molecule has 1 saturated heterocycles. The van der Waals surface area contributed by atoms with Crippen LogP contribution in [0.3, 0.4) is 0 Å². The first-order chi connectivity index (χ1) is 9.20. The molecule has 1 aromatic carbocycles. The van der Waals surface area contributed by atoms with Crippen LogP contribution < -0.4 is 5.32 Å². The van der Waals surface area contributed by atoms with E-state index in [4.69, 9.17) is 11.6 Å². The summed E-state index contributed by atoms with van der Waals surface area (Å²) in [5.74, 6) is -0.143. The molecule has 1 heterocycles. The molecule has 0 unspecified atom stereocenters. The summed E-state index contributed by atoms with van der Waals surface area (Å²) in [6, 6.07) is 4.85. The van der Waals surface area contributed by atoms with Crippen LogP contribution in [0.5, 0.6) is 0 Å². The van der Waals surface area contributed by atoms with Crippen molar-refractivity contribution in [2.24, 2.45) is 0 Å². The summed E-state index contributed by atoms with van der Waals surface area (Å²) in [4.78, 5) is 2.46. The summed E-state index contributed by atoms with van der Waals surface area (Å²) < 4.78 is 13.9. The number of rotatable bonds is 2. The normalized spacial score (nSPS) is 23.1. The van der Waals surface area contributed by atoms with Gasteiger partial charge in [-0.3, -0.25) is 4.90 Å². The molecule has 3 rings (SSSR count). The van der Waals surface area contributed by atoms with Gasteiger partial charge in [-0.25, -0.2) is 4.39 Å². The van der Waals surface area contributed by atoms with Crippen LogP contribution in [0, 0.1) is 5.82 Å². The lowest BCUT2D eigenvalue weighted by Crippen LogP contribution is -2.59. The molecule has 1 saturated carbocycles. The summed E-state index contributed by atoms with van der Waals surface area (Å²) in [5, 5.41) is 4.12. The molecule has 1 aliphatic heterocycles. The average molecular weight is 283 g/mol. The fraction of sp³-hybridized carbons (Fsp3) is 0.600. The maximum atomic E-state index is 13.9. The number of hydrogen-bond donors (Lipinski definition) is 1. The van der Waals surface area contributed by atoms with E-state index in [2.05, 4.69) is 10.2 Å². The Morgan fingerprint density at radius 2 is 2.11 bits per heavy atom. The summed E-state index contributed by atoms with van der Waals surface area (Å²) in [6.07, 6.45) is 5.02. The van der Waals surface area contributed by atoms with Crippen LogP contribution in [0.25, 0.3) is 0 Å². The minimum atomic E-state index is -0.143. The second-order valence-electron chi connectivity index (χ2n) is 5.77. The summed E-state index contributed by atoms with van der Waals surface area (Å²) in [5.41, 5.74) is 0.966. The minimum absolute atomic E-state index is 0.143. The van der Waals surface area contributed by atoms with Gasteiger partial charge in [0.2, 0.25) is 0 Å². The standard InChI is InChI=1S/C15H20ClFN2/c16-13-3-4-14(17)12(9-13)10-19-8-7-18-11-15(19)5-1-2-6-15/h3-4,9,18H,1-2,5-8,10-11H2. The van der Waals surface area contributed by atoms with Crippen LogP contribution in [-0.4, -0.2) is 30.1 Å². The van der Waals surface area contributed by atoms with Crippen molar-refractivity contribution in [1.29, 1.82) is 0 Å². The Hall–Kier alpha value is -0.640. The number of nitrogens with zero attached hydrogens (tertiary/aromatic N) is 1. The fourth-order valence-electron chi connectivity index (χ4n) is 3.53.